The van der Waals surface area contributed by atoms with Crippen LogP contribution in [-0.4, -0.2) is 5.78 Å². The van der Waals surface area contributed by atoms with Crippen molar-refractivity contribution in [2.45, 2.75) is 12.8 Å². The lowest BCUT2D eigenvalue weighted by molar-refractivity contribution is -0.111. The Hall–Kier alpha value is -1.85. The first-order valence-electron chi connectivity index (χ1n) is 5.09. The van der Waals surface area contributed by atoms with Crippen molar-refractivity contribution in [2.75, 3.05) is 0 Å². The lowest BCUT2D eigenvalue weighted by atomic mass is 9.98. The fraction of sp³-hybridized carbons (Fsp3) is 0.143. The molecule has 74 valence electrons. The molecule has 1 nitrogen and oxygen atoms in total. The Balaban J connectivity index is 2.22. The highest BCUT2D eigenvalue weighted by atomic mass is 16.1. The monoisotopic (exact) mass is 196 g/mol. The summed E-state index contributed by atoms with van der Waals surface area (Å²) >= 11 is 0. The van der Waals surface area contributed by atoms with E-state index in [2.05, 4.69) is 5.73 Å². The van der Waals surface area contributed by atoms with Crippen molar-refractivity contribution in [3.8, 4) is 0 Å². The summed E-state index contributed by atoms with van der Waals surface area (Å²) in [6.45, 7) is 0. The summed E-state index contributed by atoms with van der Waals surface area (Å²) in [4.78, 5) is 12.0. The zero-order valence-corrected chi connectivity index (χ0v) is 8.44. The van der Waals surface area contributed by atoms with Gasteiger partial charge in [0.2, 0.25) is 0 Å². The fourth-order valence-corrected chi connectivity index (χ4v) is 1.56. The van der Waals surface area contributed by atoms with E-state index in [-0.39, 0.29) is 5.78 Å². The fourth-order valence-electron chi connectivity index (χ4n) is 1.56. The van der Waals surface area contributed by atoms with Crippen LogP contribution in [0.25, 0.3) is 0 Å². The molecule has 0 heterocycles. The Labute approximate surface area is 89.5 Å². The molecule has 2 rings (SSSR count). The highest BCUT2D eigenvalue weighted by Crippen LogP contribution is 2.16. The van der Waals surface area contributed by atoms with Crippen molar-refractivity contribution in [1.29, 1.82) is 0 Å². The summed E-state index contributed by atoms with van der Waals surface area (Å²) in [6, 6.07) is 0. The van der Waals surface area contributed by atoms with Gasteiger partial charge in [-0.2, -0.15) is 0 Å². The Morgan fingerprint density at radius 2 is 2.07 bits per heavy atom. The van der Waals surface area contributed by atoms with Crippen LogP contribution < -0.4 is 0 Å². The molecular formula is C14H12O. The second kappa shape index (κ2) is 4.59. The minimum Gasteiger partial charge on any atom is -0.289 e. The van der Waals surface area contributed by atoms with Gasteiger partial charge in [-0.3, -0.25) is 4.79 Å². The van der Waals surface area contributed by atoms with Crippen molar-refractivity contribution in [1.82, 2.24) is 0 Å². The van der Waals surface area contributed by atoms with Crippen LogP contribution in [0.15, 0.2) is 65.5 Å². The normalized spacial score (nSPS) is 18.4. The number of hydrogen-bond acceptors (Lipinski definition) is 1. The van der Waals surface area contributed by atoms with E-state index >= 15 is 0 Å². The zero-order chi connectivity index (χ0) is 10.5. The number of hydrogen-bond donors (Lipinski definition) is 0. The van der Waals surface area contributed by atoms with E-state index in [1.54, 1.807) is 18.2 Å². The van der Waals surface area contributed by atoms with Crippen molar-refractivity contribution in [3.05, 3.63) is 65.5 Å². The second-order valence-corrected chi connectivity index (χ2v) is 3.45. The van der Waals surface area contributed by atoms with Crippen molar-refractivity contribution < 1.29 is 4.79 Å². The maximum atomic E-state index is 12.0. The third-order valence-corrected chi connectivity index (χ3v) is 2.35. The molecule has 0 bridgehead atoms. The maximum absolute atomic E-state index is 12.0. The second-order valence-electron chi connectivity index (χ2n) is 3.45. The first-order valence-corrected chi connectivity index (χ1v) is 5.09. The van der Waals surface area contributed by atoms with Gasteiger partial charge in [-0.25, -0.2) is 0 Å². The first kappa shape index (κ1) is 9.70. The molecule has 0 N–H and O–H groups in total. The number of carbonyl (C=O) groups is 1. The van der Waals surface area contributed by atoms with Gasteiger partial charge in [-0.05, 0) is 31.1 Å². The average molecular weight is 196 g/mol. The largest absolute Gasteiger partial charge is 0.289 e. The Morgan fingerprint density at radius 1 is 1.13 bits per heavy atom. The zero-order valence-electron chi connectivity index (χ0n) is 8.44. The molecule has 0 amide bonds. The Kier molecular flexibility index (Phi) is 2.96. The highest BCUT2D eigenvalue weighted by molar-refractivity contribution is 6.12. The molecule has 15 heavy (non-hydrogen) atoms. The molecule has 0 aromatic heterocycles. The van der Waals surface area contributed by atoms with E-state index < -0.39 is 0 Å². The third kappa shape index (κ3) is 2.34. The van der Waals surface area contributed by atoms with E-state index in [0.29, 0.717) is 5.57 Å². The van der Waals surface area contributed by atoms with Crippen molar-refractivity contribution in [3.63, 3.8) is 0 Å². The van der Waals surface area contributed by atoms with Crippen molar-refractivity contribution in [2.24, 2.45) is 0 Å². The smallest absolute Gasteiger partial charge is 0.192 e. The topological polar surface area (TPSA) is 17.1 Å². The molecule has 0 spiro atoms. The van der Waals surface area contributed by atoms with E-state index in [1.807, 2.05) is 30.4 Å². The summed E-state index contributed by atoms with van der Waals surface area (Å²) in [7, 11) is 0. The quantitative estimate of drug-likeness (QED) is 0.620. The van der Waals surface area contributed by atoms with Gasteiger partial charge in [0.05, 0.1) is 0 Å². The summed E-state index contributed by atoms with van der Waals surface area (Å²) in [5, 5.41) is 0. The molecule has 0 radical (unpaired) electrons. The van der Waals surface area contributed by atoms with Crippen molar-refractivity contribution >= 4 is 5.78 Å². The Bertz CT molecular complexity index is 450. The van der Waals surface area contributed by atoms with Crippen LogP contribution in [0.5, 0.6) is 0 Å². The van der Waals surface area contributed by atoms with Crippen LogP contribution in [0.2, 0.25) is 0 Å². The molecule has 0 fully saturated rings. The van der Waals surface area contributed by atoms with Gasteiger partial charge in [0.25, 0.3) is 0 Å². The minimum atomic E-state index is 0.0931. The van der Waals surface area contributed by atoms with Gasteiger partial charge in [0.15, 0.2) is 5.78 Å². The van der Waals surface area contributed by atoms with E-state index in [9.17, 15) is 4.79 Å². The average Bonchev–Trinajstić information content (AvgIpc) is 2.58. The van der Waals surface area contributed by atoms with Gasteiger partial charge < -0.3 is 0 Å². The molecule has 0 saturated heterocycles. The molecule has 0 saturated carbocycles. The predicted octanol–water partition coefficient (Wildman–Crippen LogP) is 3.04. The molecule has 0 atom stereocenters. The molecule has 0 unspecified atom stereocenters. The first-order chi connectivity index (χ1) is 7.38. The lowest BCUT2D eigenvalue weighted by Crippen LogP contribution is -2.04. The van der Waals surface area contributed by atoms with Gasteiger partial charge in [0.1, 0.15) is 0 Å². The number of ketones is 1. The van der Waals surface area contributed by atoms with Crippen LogP contribution in [0.4, 0.5) is 0 Å². The van der Waals surface area contributed by atoms with Crippen LogP contribution in [0.1, 0.15) is 12.8 Å². The molecule has 2 aliphatic rings. The maximum Gasteiger partial charge on any atom is 0.192 e. The molecule has 2 aliphatic carbocycles. The molecule has 0 aromatic rings. The summed E-state index contributed by atoms with van der Waals surface area (Å²) in [6.07, 6.45) is 17.0. The molecule has 0 aliphatic heterocycles. The summed E-state index contributed by atoms with van der Waals surface area (Å²) < 4.78 is 0. The standard InChI is InChI=1S/C14H12O/c15-14(13-10-6-3-7-11-13)12-8-4-1-2-5-9-12/h1,4-6,8-11H,3,7H2. The number of rotatable bonds is 2. The van der Waals surface area contributed by atoms with Gasteiger partial charge >= 0.3 is 0 Å². The number of allylic oxidation sites excluding steroid dienone is 9. The van der Waals surface area contributed by atoms with E-state index in [0.717, 1.165) is 18.4 Å². The van der Waals surface area contributed by atoms with Gasteiger partial charge in [-0.15, -0.1) is 5.73 Å². The molecule has 0 aromatic carbocycles. The Morgan fingerprint density at radius 3 is 2.87 bits per heavy atom. The van der Waals surface area contributed by atoms with Crippen LogP contribution in [-0.2, 0) is 4.79 Å². The SMILES string of the molecule is O=C(C1=CC=C=CC=C1)C1=CCCC=C1. The van der Waals surface area contributed by atoms with Crippen LogP contribution in [0.3, 0.4) is 0 Å². The number of carbonyl (C=O) groups excluding carboxylic acids is 1. The van der Waals surface area contributed by atoms with E-state index in [4.69, 9.17) is 0 Å². The lowest BCUT2D eigenvalue weighted by Gasteiger charge is -2.05. The highest BCUT2D eigenvalue weighted by Gasteiger charge is 2.11. The van der Waals surface area contributed by atoms with Gasteiger partial charge in [-0.1, -0.05) is 30.4 Å². The molecule has 1 heteroatoms. The summed E-state index contributed by atoms with van der Waals surface area (Å²) in [5.41, 5.74) is 4.45. The molecular weight excluding hydrogens is 184 g/mol. The number of Topliss-reactive ketones (excluding diaryl/α,β-unsaturated/α-hetero) is 1. The van der Waals surface area contributed by atoms with Crippen LogP contribution in [0, 0.1) is 0 Å². The minimum absolute atomic E-state index is 0.0931. The van der Waals surface area contributed by atoms with E-state index in [1.165, 1.54) is 0 Å². The van der Waals surface area contributed by atoms with Gasteiger partial charge in [0, 0.05) is 11.1 Å². The predicted molar refractivity (Wildman–Crippen MR) is 61.3 cm³/mol. The summed E-state index contributed by atoms with van der Waals surface area (Å²) in [5.74, 6) is 0.0931. The third-order valence-electron chi connectivity index (χ3n) is 2.35. The van der Waals surface area contributed by atoms with Crippen LogP contribution >= 0.6 is 0 Å².